The minimum atomic E-state index is -4.28. The fourth-order valence-corrected chi connectivity index (χ4v) is 0.836. The summed E-state index contributed by atoms with van der Waals surface area (Å²) in [7, 11) is 0. The molecule has 0 fully saturated rings. The Bertz CT molecular complexity index is 130. The molecule has 0 amide bonds. The Morgan fingerprint density at radius 2 is 2.11 bits per heavy atom. The van der Waals surface area contributed by atoms with Gasteiger partial charge < -0.3 is 0 Å². The van der Waals surface area contributed by atoms with E-state index in [-0.39, 0.29) is 0 Å². The molecule has 1 nitrogen and oxygen atoms in total. The largest absolute Gasteiger partial charge is 0.412 e. The maximum atomic E-state index is 11.6. The van der Waals surface area contributed by atoms with Crippen LogP contribution in [0.2, 0.25) is 0 Å². The fourth-order valence-electron chi connectivity index (χ4n) is 0.328. The summed E-state index contributed by atoms with van der Waals surface area (Å²) in [5.74, 6) is 2.01. The summed E-state index contributed by atoms with van der Waals surface area (Å²) >= 11 is 0.722. The normalized spacial score (nSPS) is 27.2. The Hall–Kier alpha value is -0.190. The number of alkyl halides is 3. The van der Waals surface area contributed by atoms with Gasteiger partial charge in [0.25, 0.3) is 0 Å². The summed E-state index contributed by atoms with van der Waals surface area (Å²) in [5.41, 5.74) is 2.09. The van der Waals surface area contributed by atoms with Crippen molar-refractivity contribution in [3.05, 3.63) is 5.75 Å². The van der Waals surface area contributed by atoms with Crippen molar-refractivity contribution < 1.29 is 13.2 Å². The zero-order chi connectivity index (χ0) is 6.91. The van der Waals surface area contributed by atoms with Crippen molar-refractivity contribution in [3.8, 4) is 0 Å². The van der Waals surface area contributed by atoms with Crippen molar-refractivity contribution in [3.63, 3.8) is 0 Å². The van der Waals surface area contributed by atoms with E-state index in [1.54, 1.807) is 0 Å². The van der Waals surface area contributed by atoms with Crippen molar-refractivity contribution in [2.24, 2.45) is 4.99 Å². The third-order valence-electron chi connectivity index (χ3n) is 0.708. The maximum absolute atomic E-state index is 11.6. The Kier molecular flexibility index (Phi) is 1.70. The number of halogens is 3. The summed E-state index contributed by atoms with van der Waals surface area (Å²) in [6.45, 7) is 0. The van der Waals surface area contributed by atoms with Crippen LogP contribution < -0.4 is 0 Å². The molecule has 1 heterocycles. The predicted octanol–water partition coefficient (Wildman–Crippen LogP) is 1.61. The second-order valence-electron chi connectivity index (χ2n) is 1.38. The third kappa shape index (κ3) is 1.61. The molecule has 0 N–H and O–H groups in total. The van der Waals surface area contributed by atoms with Crippen LogP contribution in [-0.2, 0) is 0 Å². The van der Waals surface area contributed by atoms with Gasteiger partial charge in [0.2, 0.25) is 0 Å². The van der Waals surface area contributed by atoms with Gasteiger partial charge in [-0.2, -0.15) is 13.2 Å². The molecular formula is C4HF3NS. The van der Waals surface area contributed by atoms with E-state index < -0.39 is 12.2 Å². The SMILES string of the molecule is FC(F)(F)C1[C]S[C]=N1. The Morgan fingerprint density at radius 1 is 1.44 bits per heavy atom. The van der Waals surface area contributed by atoms with E-state index in [0.717, 1.165) is 11.8 Å². The highest BCUT2D eigenvalue weighted by atomic mass is 32.2. The van der Waals surface area contributed by atoms with Gasteiger partial charge in [0.1, 0.15) is 5.55 Å². The Labute approximate surface area is 54.3 Å². The van der Waals surface area contributed by atoms with Gasteiger partial charge in [0.15, 0.2) is 6.04 Å². The molecule has 0 spiro atoms. The van der Waals surface area contributed by atoms with Gasteiger partial charge in [-0.3, -0.25) is 4.99 Å². The lowest BCUT2D eigenvalue weighted by Gasteiger charge is -2.08. The number of rotatable bonds is 0. The smallest absolute Gasteiger partial charge is 0.261 e. The van der Waals surface area contributed by atoms with Crippen LogP contribution in [0.3, 0.4) is 0 Å². The van der Waals surface area contributed by atoms with Crippen LogP contribution in [0.15, 0.2) is 4.99 Å². The van der Waals surface area contributed by atoms with Crippen molar-refractivity contribution in [2.45, 2.75) is 12.2 Å². The average molecular weight is 152 g/mol. The van der Waals surface area contributed by atoms with Crippen LogP contribution in [0.4, 0.5) is 13.2 Å². The first-order valence-electron chi connectivity index (χ1n) is 2.03. The predicted molar refractivity (Wildman–Crippen MR) is 28.1 cm³/mol. The quantitative estimate of drug-likeness (QED) is 0.513. The summed E-state index contributed by atoms with van der Waals surface area (Å²) in [5, 5.41) is 0. The molecule has 9 heavy (non-hydrogen) atoms. The van der Waals surface area contributed by atoms with E-state index in [0.29, 0.717) is 0 Å². The zero-order valence-electron chi connectivity index (χ0n) is 4.07. The van der Waals surface area contributed by atoms with E-state index in [4.69, 9.17) is 0 Å². The molecule has 0 aliphatic carbocycles. The second-order valence-corrected chi connectivity index (χ2v) is 2.01. The van der Waals surface area contributed by atoms with Crippen molar-refractivity contribution in [1.29, 1.82) is 0 Å². The molecule has 1 atom stereocenters. The molecule has 0 saturated carbocycles. The topological polar surface area (TPSA) is 12.4 Å². The Balaban J connectivity index is 2.53. The molecular weight excluding hydrogens is 151 g/mol. The van der Waals surface area contributed by atoms with E-state index in [2.05, 4.69) is 10.5 Å². The maximum Gasteiger partial charge on any atom is 0.412 e. The summed E-state index contributed by atoms with van der Waals surface area (Å²) in [6, 6.07) is -1.76. The minimum absolute atomic E-state index is 0.722. The molecule has 0 saturated heterocycles. The van der Waals surface area contributed by atoms with Gasteiger partial charge in [-0.1, -0.05) is 11.8 Å². The number of hydrogen-bond donors (Lipinski definition) is 0. The fraction of sp³-hybridized carbons (Fsp3) is 0.500. The average Bonchev–Trinajstić information content (AvgIpc) is 2.08. The van der Waals surface area contributed by atoms with Crippen LogP contribution in [0.5, 0.6) is 0 Å². The van der Waals surface area contributed by atoms with Crippen molar-refractivity contribution in [1.82, 2.24) is 0 Å². The van der Waals surface area contributed by atoms with E-state index >= 15 is 0 Å². The first kappa shape index (κ1) is 6.92. The van der Waals surface area contributed by atoms with Crippen LogP contribution in [0, 0.1) is 5.75 Å². The van der Waals surface area contributed by atoms with Gasteiger partial charge in [-0.05, 0) is 0 Å². The van der Waals surface area contributed by atoms with Gasteiger partial charge in [-0.15, -0.1) is 0 Å². The lowest BCUT2D eigenvalue weighted by atomic mass is 10.3. The number of nitrogens with zero attached hydrogens (tertiary/aromatic N) is 1. The number of aliphatic imine (C=N–C) groups is 1. The number of thioether (sulfide) groups is 1. The highest BCUT2D eigenvalue weighted by Gasteiger charge is 2.41. The van der Waals surface area contributed by atoms with Gasteiger partial charge in [-0.25, -0.2) is 0 Å². The van der Waals surface area contributed by atoms with Crippen LogP contribution in [0.1, 0.15) is 0 Å². The van der Waals surface area contributed by atoms with Crippen LogP contribution in [0.25, 0.3) is 0 Å². The monoisotopic (exact) mass is 152 g/mol. The zero-order valence-corrected chi connectivity index (χ0v) is 4.88. The first-order valence-corrected chi connectivity index (χ1v) is 2.85. The molecule has 0 aromatic carbocycles. The first-order chi connectivity index (χ1) is 4.11. The highest BCUT2D eigenvalue weighted by molar-refractivity contribution is 8.14. The van der Waals surface area contributed by atoms with Crippen molar-refractivity contribution >= 4 is 17.3 Å². The van der Waals surface area contributed by atoms with E-state index in [1.165, 1.54) is 0 Å². The number of hydrogen-bond acceptors (Lipinski definition) is 2. The molecule has 0 bridgehead atoms. The highest BCUT2D eigenvalue weighted by Crippen LogP contribution is 2.31. The van der Waals surface area contributed by atoms with Crippen LogP contribution >= 0.6 is 11.8 Å². The molecule has 0 aromatic rings. The molecule has 0 aromatic heterocycles. The third-order valence-corrected chi connectivity index (χ3v) is 1.25. The van der Waals surface area contributed by atoms with Crippen LogP contribution in [-0.4, -0.2) is 17.8 Å². The molecule has 1 unspecified atom stereocenters. The lowest BCUT2D eigenvalue weighted by molar-refractivity contribution is -0.137. The molecule has 1 aliphatic rings. The minimum Gasteiger partial charge on any atom is -0.261 e. The Morgan fingerprint density at radius 3 is 2.33 bits per heavy atom. The molecule has 1 rings (SSSR count). The molecule has 5 heteroatoms. The van der Waals surface area contributed by atoms with Crippen molar-refractivity contribution in [2.75, 3.05) is 0 Å². The molecule has 1 aliphatic heterocycles. The molecule has 3 radical (unpaired) electrons. The van der Waals surface area contributed by atoms with Gasteiger partial charge >= 0.3 is 6.18 Å². The molecule has 49 valence electrons. The van der Waals surface area contributed by atoms with Gasteiger partial charge in [0.05, 0.1) is 5.75 Å². The lowest BCUT2D eigenvalue weighted by Crippen LogP contribution is -2.24. The summed E-state index contributed by atoms with van der Waals surface area (Å²) in [6.07, 6.45) is -4.28. The van der Waals surface area contributed by atoms with E-state index in [1.807, 2.05) is 5.75 Å². The standard InChI is InChI=1S/C4HF3NS/c5-4(6,7)3-1-9-2-8-3/h3H. The summed E-state index contributed by atoms with van der Waals surface area (Å²) < 4.78 is 34.7. The summed E-state index contributed by atoms with van der Waals surface area (Å²) in [4.78, 5) is 2.98. The second kappa shape index (κ2) is 2.21. The van der Waals surface area contributed by atoms with E-state index in [9.17, 15) is 13.2 Å². The van der Waals surface area contributed by atoms with Gasteiger partial charge in [0, 0.05) is 0 Å².